The van der Waals surface area contributed by atoms with Crippen molar-refractivity contribution in [2.45, 2.75) is 25.7 Å². The lowest BCUT2D eigenvalue weighted by molar-refractivity contribution is -0.156. The van der Waals surface area contributed by atoms with E-state index in [2.05, 4.69) is 5.16 Å². The molecular formula is C19H22N2O4. The van der Waals surface area contributed by atoms with Gasteiger partial charge in [0.25, 0.3) is 0 Å². The molecule has 25 heavy (non-hydrogen) atoms. The van der Waals surface area contributed by atoms with Crippen molar-refractivity contribution < 1.29 is 19.2 Å². The number of aromatic nitrogens is 1. The summed E-state index contributed by atoms with van der Waals surface area (Å²) in [5.74, 6) is -1.03. The summed E-state index contributed by atoms with van der Waals surface area (Å²) in [4.78, 5) is 25.0. The zero-order valence-electron chi connectivity index (χ0n) is 14.2. The Kier molecular flexibility index (Phi) is 5.16. The molecule has 2 aromatic rings. The highest BCUT2D eigenvalue weighted by molar-refractivity contribution is 5.86. The average Bonchev–Trinajstić information content (AvgIpc) is 3.03. The van der Waals surface area contributed by atoms with Crippen LogP contribution in [0.2, 0.25) is 0 Å². The molecule has 1 saturated carbocycles. The van der Waals surface area contributed by atoms with Gasteiger partial charge in [-0.15, -0.1) is 0 Å². The third-order valence-corrected chi connectivity index (χ3v) is 4.83. The zero-order valence-corrected chi connectivity index (χ0v) is 14.2. The van der Waals surface area contributed by atoms with Gasteiger partial charge in [0.05, 0.1) is 11.8 Å². The quantitative estimate of drug-likeness (QED) is 0.836. The first-order chi connectivity index (χ1) is 12.1. The summed E-state index contributed by atoms with van der Waals surface area (Å²) in [5.41, 5.74) is 1.81. The summed E-state index contributed by atoms with van der Waals surface area (Å²) in [5, 5.41) is 13.1. The smallest absolute Gasteiger partial charge is 0.307 e. The standard InChI is InChI=1S/C19H22N2O4/c1-21(18(22)15-9-10-16(15)19(23)24)11-5-8-14-12-17(20-25-14)13-6-3-2-4-7-13/h2-4,6-7,12,15-16H,5,8-11H2,1H3,(H,23,24). The molecule has 0 saturated heterocycles. The SMILES string of the molecule is CN(CCCc1cc(-c2ccccc2)no1)C(=O)C1CCC1C(=O)O. The van der Waals surface area contributed by atoms with E-state index >= 15 is 0 Å². The maximum atomic E-state index is 12.3. The van der Waals surface area contributed by atoms with Crippen molar-refractivity contribution in [2.24, 2.45) is 11.8 Å². The van der Waals surface area contributed by atoms with Crippen molar-refractivity contribution in [2.75, 3.05) is 13.6 Å². The van der Waals surface area contributed by atoms with E-state index in [-0.39, 0.29) is 11.8 Å². The first kappa shape index (κ1) is 17.2. The van der Waals surface area contributed by atoms with Gasteiger partial charge in [-0.25, -0.2) is 0 Å². The number of aliphatic carboxylic acids is 1. The van der Waals surface area contributed by atoms with E-state index in [0.29, 0.717) is 25.8 Å². The Balaban J connectivity index is 1.47. The molecule has 0 radical (unpaired) electrons. The number of hydrogen-bond acceptors (Lipinski definition) is 4. The van der Waals surface area contributed by atoms with E-state index in [1.165, 1.54) is 0 Å². The van der Waals surface area contributed by atoms with Crippen LogP contribution in [0, 0.1) is 11.8 Å². The fourth-order valence-electron chi connectivity index (χ4n) is 3.15. The Hall–Kier alpha value is -2.63. The Labute approximate surface area is 146 Å². The van der Waals surface area contributed by atoms with Gasteiger partial charge < -0.3 is 14.5 Å². The number of nitrogens with zero attached hydrogens (tertiary/aromatic N) is 2. The summed E-state index contributed by atoms with van der Waals surface area (Å²) in [7, 11) is 1.73. The molecule has 0 bridgehead atoms. The summed E-state index contributed by atoms with van der Waals surface area (Å²) in [6.07, 6.45) is 2.70. The molecular weight excluding hydrogens is 320 g/mol. The van der Waals surface area contributed by atoms with E-state index in [9.17, 15) is 9.59 Å². The van der Waals surface area contributed by atoms with E-state index < -0.39 is 11.9 Å². The second-order valence-corrected chi connectivity index (χ2v) is 6.54. The topological polar surface area (TPSA) is 83.6 Å². The molecule has 6 heteroatoms. The molecule has 1 amide bonds. The molecule has 1 aromatic carbocycles. The predicted octanol–water partition coefficient (Wildman–Crippen LogP) is 2.84. The number of rotatable bonds is 7. The van der Waals surface area contributed by atoms with Gasteiger partial charge in [0.1, 0.15) is 11.5 Å². The van der Waals surface area contributed by atoms with E-state index in [0.717, 1.165) is 23.4 Å². The molecule has 132 valence electrons. The number of carbonyl (C=O) groups is 2. The third kappa shape index (κ3) is 3.90. The number of benzene rings is 1. The molecule has 0 spiro atoms. The minimum atomic E-state index is -0.867. The van der Waals surface area contributed by atoms with Crippen LogP contribution in [-0.4, -0.2) is 40.6 Å². The minimum absolute atomic E-state index is 0.0683. The highest BCUT2D eigenvalue weighted by Gasteiger charge is 2.42. The first-order valence-corrected chi connectivity index (χ1v) is 8.55. The van der Waals surface area contributed by atoms with E-state index in [1.807, 2.05) is 36.4 Å². The van der Waals surface area contributed by atoms with Crippen LogP contribution in [-0.2, 0) is 16.0 Å². The summed E-state index contributed by atoms with van der Waals surface area (Å²) in [6.45, 7) is 0.572. The molecule has 2 atom stereocenters. The lowest BCUT2D eigenvalue weighted by atomic mass is 9.73. The summed E-state index contributed by atoms with van der Waals surface area (Å²) in [6, 6.07) is 11.7. The Bertz CT molecular complexity index is 741. The number of carboxylic acids is 1. The van der Waals surface area contributed by atoms with Crippen LogP contribution in [0.25, 0.3) is 11.3 Å². The summed E-state index contributed by atoms with van der Waals surface area (Å²) < 4.78 is 5.36. The summed E-state index contributed by atoms with van der Waals surface area (Å²) >= 11 is 0. The van der Waals surface area contributed by atoms with Crippen LogP contribution < -0.4 is 0 Å². The van der Waals surface area contributed by atoms with Crippen LogP contribution in [0.5, 0.6) is 0 Å². The lowest BCUT2D eigenvalue weighted by Crippen LogP contribution is -2.45. The van der Waals surface area contributed by atoms with Crippen molar-refractivity contribution in [3.8, 4) is 11.3 Å². The maximum Gasteiger partial charge on any atom is 0.307 e. The first-order valence-electron chi connectivity index (χ1n) is 8.55. The highest BCUT2D eigenvalue weighted by Crippen LogP contribution is 2.35. The van der Waals surface area contributed by atoms with Crippen LogP contribution in [0.3, 0.4) is 0 Å². The number of aryl methyl sites for hydroxylation is 1. The van der Waals surface area contributed by atoms with Crippen LogP contribution in [0.4, 0.5) is 0 Å². The fraction of sp³-hybridized carbons (Fsp3) is 0.421. The molecule has 1 heterocycles. The molecule has 1 aliphatic rings. The second-order valence-electron chi connectivity index (χ2n) is 6.54. The minimum Gasteiger partial charge on any atom is -0.481 e. The van der Waals surface area contributed by atoms with Crippen LogP contribution in [0.15, 0.2) is 40.9 Å². The van der Waals surface area contributed by atoms with Crippen LogP contribution in [0.1, 0.15) is 25.0 Å². The van der Waals surface area contributed by atoms with E-state index in [1.54, 1.807) is 11.9 Å². The average molecular weight is 342 g/mol. The van der Waals surface area contributed by atoms with Crippen molar-refractivity contribution in [3.05, 3.63) is 42.2 Å². The van der Waals surface area contributed by atoms with E-state index in [4.69, 9.17) is 9.63 Å². The van der Waals surface area contributed by atoms with Crippen molar-refractivity contribution in [1.82, 2.24) is 10.1 Å². The van der Waals surface area contributed by atoms with Gasteiger partial charge in [-0.05, 0) is 19.3 Å². The van der Waals surface area contributed by atoms with Gasteiger partial charge in [0.2, 0.25) is 5.91 Å². The Morgan fingerprint density at radius 1 is 1.24 bits per heavy atom. The van der Waals surface area contributed by atoms with Gasteiger partial charge in [-0.3, -0.25) is 9.59 Å². The second kappa shape index (κ2) is 7.51. The molecule has 3 rings (SSSR count). The fourth-order valence-corrected chi connectivity index (χ4v) is 3.15. The molecule has 1 aromatic heterocycles. The molecule has 2 unspecified atom stereocenters. The number of carbonyl (C=O) groups excluding carboxylic acids is 1. The van der Waals surface area contributed by atoms with Crippen molar-refractivity contribution in [1.29, 1.82) is 0 Å². The molecule has 6 nitrogen and oxygen atoms in total. The molecule has 1 N–H and O–H groups in total. The molecule has 1 fully saturated rings. The highest BCUT2D eigenvalue weighted by atomic mass is 16.5. The van der Waals surface area contributed by atoms with Crippen molar-refractivity contribution in [3.63, 3.8) is 0 Å². The largest absolute Gasteiger partial charge is 0.481 e. The monoisotopic (exact) mass is 342 g/mol. The Morgan fingerprint density at radius 3 is 2.60 bits per heavy atom. The number of hydrogen-bond donors (Lipinski definition) is 1. The normalized spacial score (nSPS) is 19.2. The Morgan fingerprint density at radius 2 is 1.96 bits per heavy atom. The van der Waals surface area contributed by atoms with Gasteiger partial charge >= 0.3 is 5.97 Å². The number of amides is 1. The molecule has 0 aliphatic heterocycles. The lowest BCUT2D eigenvalue weighted by Gasteiger charge is -2.35. The van der Waals surface area contributed by atoms with Gasteiger partial charge in [-0.1, -0.05) is 35.5 Å². The van der Waals surface area contributed by atoms with Gasteiger partial charge in [0, 0.05) is 31.6 Å². The maximum absolute atomic E-state index is 12.3. The zero-order chi connectivity index (χ0) is 17.8. The van der Waals surface area contributed by atoms with Crippen LogP contribution >= 0.6 is 0 Å². The molecule has 1 aliphatic carbocycles. The number of carboxylic acid groups (broad SMARTS) is 1. The van der Waals surface area contributed by atoms with Gasteiger partial charge in [-0.2, -0.15) is 0 Å². The van der Waals surface area contributed by atoms with Gasteiger partial charge in [0.15, 0.2) is 0 Å². The third-order valence-electron chi connectivity index (χ3n) is 4.83. The predicted molar refractivity (Wildman–Crippen MR) is 91.7 cm³/mol. The van der Waals surface area contributed by atoms with Crippen molar-refractivity contribution >= 4 is 11.9 Å².